The molecule has 0 aliphatic carbocycles. The van der Waals surface area contributed by atoms with E-state index in [1.165, 1.54) is 33.0 Å². The van der Waals surface area contributed by atoms with Gasteiger partial charge in [-0.15, -0.1) is 0 Å². The summed E-state index contributed by atoms with van der Waals surface area (Å²) in [4.78, 5) is 14.7. The molecule has 5 heteroatoms. The van der Waals surface area contributed by atoms with E-state index < -0.39 is 17.2 Å². The molecule has 0 bridgehead atoms. The van der Waals surface area contributed by atoms with Crippen molar-refractivity contribution < 1.29 is 19.0 Å². The van der Waals surface area contributed by atoms with Crippen molar-refractivity contribution in [2.45, 2.75) is 26.4 Å². The molecule has 0 aliphatic rings. The Labute approximate surface area is 93.1 Å². The molecule has 1 aromatic heterocycles. The summed E-state index contributed by atoms with van der Waals surface area (Å²) in [5, 5.41) is 9.41. The van der Waals surface area contributed by atoms with E-state index in [0.717, 1.165) is 0 Å². The number of aromatic nitrogens is 1. The van der Waals surface area contributed by atoms with Crippen LogP contribution in [0.1, 0.15) is 31.1 Å². The summed E-state index contributed by atoms with van der Waals surface area (Å²) in [7, 11) is 0. The van der Waals surface area contributed by atoms with E-state index in [4.69, 9.17) is 4.74 Å². The number of carbonyl (C=O) groups is 1. The fraction of sp³-hybridized carbons (Fsp3) is 0.455. The number of ketones is 1. The van der Waals surface area contributed by atoms with Crippen LogP contribution in [0.3, 0.4) is 0 Å². The Morgan fingerprint density at radius 3 is 2.75 bits per heavy atom. The molecule has 0 atom stereocenters. The fourth-order valence-corrected chi connectivity index (χ4v) is 1.04. The van der Waals surface area contributed by atoms with E-state index in [-0.39, 0.29) is 18.1 Å². The molecule has 1 rings (SSSR count). The third-order valence-corrected chi connectivity index (χ3v) is 1.80. The van der Waals surface area contributed by atoms with Crippen LogP contribution < -0.4 is 4.74 Å². The second-order valence-corrected chi connectivity index (χ2v) is 4.13. The van der Waals surface area contributed by atoms with Crippen molar-refractivity contribution in [1.82, 2.24) is 4.98 Å². The van der Waals surface area contributed by atoms with Crippen molar-refractivity contribution in [3.05, 3.63) is 23.6 Å². The number of hydrogen-bond acceptors (Lipinski definition) is 4. The van der Waals surface area contributed by atoms with Crippen molar-refractivity contribution >= 4 is 5.78 Å². The topological polar surface area (TPSA) is 59.4 Å². The van der Waals surface area contributed by atoms with Gasteiger partial charge in [-0.2, -0.15) is 0 Å². The molecule has 1 heterocycles. The zero-order valence-electron chi connectivity index (χ0n) is 9.45. The standard InChI is InChI=1S/C11H14FNO3/c1-7(14)8-4-5-13-10(9(8)12)16-6-11(2,3)15/h4-5,15H,6H2,1-3H3. The van der Waals surface area contributed by atoms with E-state index in [1.807, 2.05) is 0 Å². The minimum atomic E-state index is -1.08. The van der Waals surface area contributed by atoms with Gasteiger partial charge in [0.05, 0.1) is 11.2 Å². The van der Waals surface area contributed by atoms with Gasteiger partial charge in [0.2, 0.25) is 0 Å². The van der Waals surface area contributed by atoms with Crippen LogP contribution in [0.4, 0.5) is 4.39 Å². The van der Waals surface area contributed by atoms with E-state index in [0.29, 0.717) is 0 Å². The predicted octanol–water partition coefficient (Wildman–Crippen LogP) is 1.57. The van der Waals surface area contributed by atoms with Crippen LogP contribution in [0.15, 0.2) is 12.3 Å². The van der Waals surface area contributed by atoms with Crippen molar-refractivity contribution in [2.75, 3.05) is 6.61 Å². The Bertz CT molecular complexity index is 399. The summed E-state index contributed by atoms with van der Waals surface area (Å²) in [6.45, 7) is 4.22. The lowest BCUT2D eigenvalue weighted by Gasteiger charge is -2.17. The molecule has 0 fully saturated rings. The molecule has 0 radical (unpaired) electrons. The number of carbonyl (C=O) groups excluding carboxylic acids is 1. The SMILES string of the molecule is CC(=O)c1ccnc(OCC(C)(C)O)c1F. The molecule has 4 nitrogen and oxygen atoms in total. The van der Waals surface area contributed by atoms with Gasteiger partial charge in [-0.05, 0) is 26.8 Å². The van der Waals surface area contributed by atoms with Gasteiger partial charge in [0.15, 0.2) is 11.6 Å². The Hall–Kier alpha value is -1.49. The Balaban J connectivity index is 2.90. The first kappa shape index (κ1) is 12.6. The lowest BCUT2D eigenvalue weighted by molar-refractivity contribution is 0.0253. The van der Waals surface area contributed by atoms with Gasteiger partial charge in [-0.3, -0.25) is 4.79 Å². The Morgan fingerprint density at radius 2 is 2.25 bits per heavy atom. The van der Waals surface area contributed by atoms with Gasteiger partial charge in [0, 0.05) is 6.20 Å². The molecule has 0 spiro atoms. The second-order valence-electron chi connectivity index (χ2n) is 4.13. The first-order valence-electron chi connectivity index (χ1n) is 4.82. The largest absolute Gasteiger partial charge is 0.473 e. The third-order valence-electron chi connectivity index (χ3n) is 1.80. The number of pyridine rings is 1. The highest BCUT2D eigenvalue weighted by Gasteiger charge is 2.18. The lowest BCUT2D eigenvalue weighted by Crippen LogP contribution is -2.28. The molecule has 0 unspecified atom stereocenters. The summed E-state index contributed by atoms with van der Waals surface area (Å²) < 4.78 is 18.6. The van der Waals surface area contributed by atoms with Crippen molar-refractivity contribution in [2.24, 2.45) is 0 Å². The summed E-state index contributed by atoms with van der Waals surface area (Å²) in [5.41, 5.74) is -1.15. The van der Waals surface area contributed by atoms with Crippen molar-refractivity contribution in [1.29, 1.82) is 0 Å². The number of Topliss-reactive ketones (excluding diaryl/α,β-unsaturated/α-hetero) is 1. The minimum Gasteiger partial charge on any atom is -0.473 e. The highest BCUT2D eigenvalue weighted by molar-refractivity contribution is 5.94. The van der Waals surface area contributed by atoms with Gasteiger partial charge >= 0.3 is 0 Å². The van der Waals surface area contributed by atoms with Gasteiger partial charge in [-0.25, -0.2) is 9.37 Å². The van der Waals surface area contributed by atoms with Crippen molar-refractivity contribution in [3.8, 4) is 5.88 Å². The third kappa shape index (κ3) is 3.27. The van der Waals surface area contributed by atoms with Crippen LogP contribution in [-0.4, -0.2) is 28.1 Å². The monoisotopic (exact) mass is 227 g/mol. The smallest absolute Gasteiger partial charge is 0.251 e. The predicted molar refractivity (Wildman–Crippen MR) is 56.0 cm³/mol. The molecule has 0 amide bonds. The average molecular weight is 227 g/mol. The number of halogens is 1. The average Bonchev–Trinajstić information content (AvgIpc) is 2.14. The maximum absolute atomic E-state index is 13.6. The lowest BCUT2D eigenvalue weighted by atomic mass is 10.1. The zero-order chi connectivity index (χ0) is 12.3. The molecule has 0 saturated heterocycles. The van der Waals surface area contributed by atoms with Crippen LogP contribution in [0.25, 0.3) is 0 Å². The molecule has 16 heavy (non-hydrogen) atoms. The normalized spacial score (nSPS) is 11.3. The molecule has 0 aromatic carbocycles. The molecule has 88 valence electrons. The summed E-state index contributed by atoms with van der Waals surface area (Å²) >= 11 is 0. The number of hydrogen-bond donors (Lipinski definition) is 1. The highest BCUT2D eigenvalue weighted by Crippen LogP contribution is 2.18. The number of nitrogens with zero attached hydrogens (tertiary/aromatic N) is 1. The van der Waals surface area contributed by atoms with Crippen LogP contribution >= 0.6 is 0 Å². The molecule has 0 saturated carbocycles. The Morgan fingerprint density at radius 1 is 1.62 bits per heavy atom. The van der Waals surface area contributed by atoms with E-state index in [9.17, 15) is 14.3 Å². The van der Waals surface area contributed by atoms with E-state index >= 15 is 0 Å². The maximum atomic E-state index is 13.6. The molecule has 0 aliphatic heterocycles. The zero-order valence-corrected chi connectivity index (χ0v) is 9.45. The van der Waals surface area contributed by atoms with Gasteiger partial charge in [0.1, 0.15) is 6.61 Å². The van der Waals surface area contributed by atoms with E-state index in [1.54, 1.807) is 0 Å². The Kier molecular flexibility index (Phi) is 3.59. The maximum Gasteiger partial charge on any atom is 0.251 e. The van der Waals surface area contributed by atoms with Crippen LogP contribution in [-0.2, 0) is 0 Å². The van der Waals surface area contributed by atoms with E-state index in [2.05, 4.69) is 4.98 Å². The first-order valence-corrected chi connectivity index (χ1v) is 4.82. The van der Waals surface area contributed by atoms with Gasteiger partial charge in [-0.1, -0.05) is 0 Å². The van der Waals surface area contributed by atoms with Gasteiger partial charge in [0.25, 0.3) is 5.88 Å². The number of ether oxygens (including phenoxy) is 1. The molecule has 1 aromatic rings. The molecule has 1 N–H and O–H groups in total. The highest BCUT2D eigenvalue weighted by atomic mass is 19.1. The minimum absolute atomic E-state index is 0.0688. The second kappa shape index (κ2) is 4.57. The number of aliphatic hydroxyl groups is 1. The van der Waals surface area contributed by atoms with Gasteiger partial charge < -0.3 is 9.84 Å². The summed E-state index contributed by atoms with van der Waals surface area (Å²) in [6.07, 6.45) is 1.29. The molecular weight excluding hydrogens is 213 g/mol. The van der Waals surface area contributed by atoms with Crippen LogP contribution in [0.5, 0.6) is 5.88 Å². The van der Waals surface area contributed by atoms with Crippen molar-refractivity contribution in [3.63, 3.8) is 0 Å². The fourth-order valence-electron chi connectivity index (χ4n) is 1.04. The quantitative estimate of drug-likeness (QED) is 0.793. The first-order chi connectivity index (χ1) is 7.31. The summed E-state index contributed by atoms with van der Waals surface area (Å²) in [6, 6.07) is 1.29. The molecular formula is C11H14FNO3. The van der Waals surface area contributed by atoms with Crippen LogP contribution in [0.2, 0.25) is 0 Å². The van der Waals surface area contributed by atoms with Crippen LogP contribution in [0, 0.1) is 5.82 Å². The number of rotatable bonds is 4. The summed E-state index contributed by atoms with van der Waals surface area (Å²) in [5.74, 6) is -1.46.